The second-order valence-electron chi connectivity index (χ2n) is 6.86. The third-order valence-electron chi connectivity index (χ3n) is 5.32. The lowest BCUT2D eigenvalue weighted by Crippen LogP contribution is -2.33. The van der Waals surface area contributed by atoms with Gasteiger partial charge >= 0.3 is 5.97 Å². The number of hydrogen-bond donors (Lipinski definition) is 0. The Balaban J connectivity index is 1.96. The maximum atomic E-state index is 12.8. The highest BCUT2D eigenvalue weighted by Gasteiger charge is 2.54. The highest BCUT2D eigenvalue weighted by Crippen LogP contribution is 2.58. The Kier molecular flexibility index (Phi) is 3.85. The van der Waals surface area contributed by atoms with Crippen molar-refractivity contribution in [2.45, 2.75) is 19.4 Å². The first kappa shape index (κ1) is 17.5. The highest BCUT2D eigenvalue weighted by molar-refractivity contribution is 14.1. The fraction of sp³-hybridized carbons (Fsp3) is 0.136. The predicted octanol–water partition coefficient (Wildman–Crippen LogP) is 6.08. The molecule has 5 heteroatoms. The van der Waals surface area contributed by atoms with E-state index in [-0.39, 0.29) is 5.97 Å². The van der Waals surface area contributed by atoms with Crippen LogP contribution in [0, 0.1) is 21.0 Å². The number of benzene rings is 3. The summed E-state index contributed by atoms with van der Waals surface area (Å²) in [6.45, 7) is 4.12. The van der Waals surface area contributed by atoms with Crippen LogP contribution in [-0.2, 0) is 10.3 Å². The molecule has 3 aromatic rings. The van der Waals surface area contributed by atoms with Crippen molar-refractivity contribution >= 4 is 51.2 Å². The minimum atomic E-state index is -0.974. The smallest absolute Gasteiger partial charge is 0.340 e. The van der Waals surface area contributed by atoms with Crippen molar-refractivity contribution in [1.82, 2.24) is 0 Å². The number of hydrogen-bond acceptors (Lipinski definition) is 3. The lowest BCUT2D eigenvalue weighted by atomic mass is 9.77. The average molecular weight is 580 g/mol. The van der Waals surface area contributed by atoms with E-state index in [1.165, 1.54) is 0 Å². The molecule has 5 rings (SSSR count). The van der Waals surface area contributed by atoms with Gasteiger partial charge in [0, 0.05) is 16.7 Å². The summed E-state index contributed by atoms with van der Waals surface area (Å²) in [5.41, 5.74) is 4.53. The lowest BCUT2D eigenvalue weighted by molar-refractivity contribution is 0.0223. The molecule has 0 fully saturated rings. The van der Waals surface area contributed by atoms with Gasteiger partial charge in [0.2, 0.25) is 0 Å². The zero-order valence-electron chi connectivity index (χ0n) is 14.6. The standard InChI is InChI=1S/C22H14I2O3/c1-11-7-9-15-19(17(11)23)26-20-16(10-8-12(2)18(20)24)22(15)14-6-4-3-5-13(14)21(25)27-22/h3-10H,1-2H3. The number of aryl methyl sites for hydroxylation is 2. The summed E-state index contributed by atoms with van der Waals surface area (Å²) in [5.74, 6) is 1.25. The van der Waals surface area contributed by atoms with Crippen LogP contribution in [0.3, 0.4) is 0 Å². The van der Waals surface area contributed by atoms with Crippen molar-refractivity contribution in [1.29, 1.82) is 0 Å². The van der Waals surface area contributed by atoms with Gasteiger partial charge in [-0.2, -0.15) is 0 Å². The maximum absolute atomic E-state index is 12.8. The van der Waals surface area contributed by atoms with E-state index in [1.807, 2.05) is 36.4 Å². The summed E-state index contributed by atoms with van der Waals surface area (Å²) in [6, 6.07) is 15.8. The van der Waals surface area contributed by atoms with Crippen molar-refractivity contribution < 1.29 is 14.3 Å². The van der Waals surface area contributed by atoms with Crippen molar-refractivity contribution in [3.63, 3.8) is 0 Å². The van der Waals surface area contributed by atoms with Crippen LogP contribution in [0.25, 0.3) is 0 Å². The van der Waals surface area contributed by atoms with Gasteiger partial charge in [0.05, 0.1) is 12.7 Å². The Labute approximate surface area is 184 Å². The SMILES string of the molecule is Cc1ccc2c(c1I)Oc1c(ccc(C)c1I)C21OC(=O)c2ccccc21. The Hall–Kier alpha value is -1.61. The van der Waals surface area contributed by atoms with E-state index in [0.29, 0.717) is 5.56 Å². The molecule has 0 unspecified atom stereocenters. The number of carbonyl (C=O) groups is 1. The predicted molar refractivity (Wildman–Crippen MR) is 120 cm³/mol. The van der Waals surface area contributed by atoms with Crippen LogP contribution < -0.4 is 4.74 Å². The van der Waals surface area contributed by atoms with E-state index >= 15 is 0 Å². The monoisotopic (exact) mass is 580 g/mol. The second-order valence-corrected chi connectivity index (χ2v) is 9.02. The third kappa shape index (κ3) is 2.21. The van der Waals surface area contributed by atoms with Crippen molar-refractivity contribution in [2.75, 3.05) is 0 Å². The Morgan fingerprint density at radius 1 is 0.778 bits per heavy atom. The Morgan fingerprint density at radius 2 is 1.33 bits per heavy atom. The second kappa shape index (κ2) is 5.94. The Bertz CT molecular complexity index is 1090. The van der Waals surface area contributed by atoms with E-state index < -0.39 is 5.60 Å². The van der Waals surface area contributed by atoms with E-state index in [0.717, 1.165) is 46.5 Å². The van der Waals surface area contributed by atoms with Crippen molar-refractivity contribution in [3.05, 3.63) is 89.1 Å². The molecule has 0 radical (unpaired) electrons. The van der Waals surface area contributed by atoms with Gasteiger partial charge in [-0.25, -0.2) is 4.79 Å². The molecular weight excluding hydrogens is 566 g/mol. The normalized spacial score (nSPS) is 15.6. The number of esters is 1. The topological polar surface area (TPSA) is 35.5 Å². The number of ether oxygens (including phenoxy) is 2. The molecule has 0 amide bonds. The summed E-state index contributed by atoms with van der Waals surface area (Å²) < 4.78 is 14.7. The third-order valence-corrected chi connectivity index (χ3v) is 8.00. The summed E-state index contributed by atoms with van der Waals surface area (Å²) in [4.78, 5) is 12.8. The van der Waals surface area contributed by atoms with E-state index in [4.69, 9.17) is 9.47 Å². The molecule has 2 heterocycles. The van der Waals surface area contributed by atoms with Gasteiger partial charge in [0.15, 0.2) is 5.60 Å². The fourth-order valence-electron chi connectivity index (χ4n) is 3.93. The lowest BCUT2D eigenvalue weighted by Gasteiger charge is -2.37. The molecule has 2 aliphatic heterocycles. The van der Waals surface area contributed by atoms with E-state index in [2.05, 4.69) is 71.2 Å². The van der Waals surface area contributed by atoms with E-state index in [1.54, 1.807) is 0 Å². The zero-order chi connectivity index (χ0) is 18.9. The van der Waals surface area contributed by atoms with Crippen LogP contribution in [0.2, 0.25) is 0 Å². The van der Waals surface area contributed by atoms with Crippen LogP contribution in [0.1, 0.15) is 38.2 Å². The molecule has 3 nitrogen and oxygen atoms in total. The molecule has 3 aromatic carbocycles. The van der Waals surface area contributed by atoms with Gasteiger partial charge in [-0.1, -0.05) is 42.5 Å². The molecule has 1 spiro atoms. The summed E-state index contributed by atoms with van der Waals surface area (Å²) in [6.07, 6.45) is 0. The number of rotatable bonds is 0. The molecule has 0 saturated carbocycles. The summed E-state index contributed by atoms with van der Waals surface area (Å²) >= 11 is 4.63. The average Bonchev–Trinajstić information content (AvgIpc) is 2.96. The highest BCUT2D eigenvalue weighted by atomic mass is 127. The van der Waals surface area contributed by atoms with Crippen molar-refractivity contribution in [2.24, 2.45) is 0 Å². The van der Waals surface area contributed by atoms with Crippen LogP contribution in [0.15, 0.2) is 48.5 Å². The minimum absolute atomic E-state index is 0.296. The molecule has 2 aliphatic rings. The minimum Gasteiger partial charge on any atom is -0.454 e. The quantitative estimate of drug-likeness (QED) is 0.239. The first-order valence-electron chi connectivity index (χ1n) is 8.55. The molecular formula is C22H14I2O3. The van der Waals surface area contributed by atoms with Gasteiger partial charge in [0.1, 0.15) is 11.5 Å². The first-order valence-corrected chi connectivity index (χ1v) is 10.7. The molecule has 134 valence electrons. The van der Waals surface area contributed by atoms with Gasteiger partial charge < -0.3 is 9.47 Å². The summed E-state index contributed by atoms with van der Waals surface area (Å²) in [5, 5.41) is 0. The fourth-order valence-corrected chi connectivity index (χ4v) is 5.09. The molecule has 27 heavy (non-hydrogen) atoms. The van der Waals surface area contributed by atoms with Crippen LogP contribution >= 0.6 is 45.2 Å². The number of halogens is 2. The summed E-state index contributed by atoms with van der Waals surface area (Å²) in [7, 11) is 0. The van der Waals surface area contributed by atoms with Crippen LogP contribution in [-0.4, -0.2) is 5.97 Å². The number of fused-ring (bicyclic) bond motifs is 6. The van der Waals surface area contributed by atoms with Crippen LogP contribution in [0.4, 0.5) is 0 Å². The van der Waals surface area contributed by atoms with Gasteiger partial charge in [-0.05, 0) is 76.2 Å². The molecule has 0 bridgehead atoms. The van der Waals surface area contributed by atoms with Crippen LogP contribution in [0.5, 0.6) is 11.5 Å². The van der Waals surface area contributed by atoms with Gasteiger partial charge in [-0.3, -0.25) is 0 Å². The molecule has 0 atom stereocenters. The molecule has 0 aliphatic carbocycles. The first-order chi connectivity index (χ1) is 12.9. The van der Waals surface area contributed by atoms with Gasteiger partial charge in [0.25, 0.3) is 0 Å². The largest absolute Gasteiger partial charge is 0.454 e. The van der Waals surface area contributed by atoms with Crippen molar-refractivity contribution in [3.8, 4) is 11.5 Å². The molecule has 0 N–H and O–H groups in total. The molecule has 0 saturated heterocycles. The molecule has 0 aromatic heterocycles. The number of carbonyl (C=O) groups excluding carboxylic acids is 1. The van der Waals surface area contributed by atoms with E-state index in [9.17, 15) is 4.79 Å². The maximum Gasteiger partial charge on any atom is 0.340 e. The Morgan fingerprint density at radius 3 is 1.93 bits per heavy atom. The van der Waals surface area contributed by atoms with Gasteiger partial charge in [-0.15, -0.1) is 0 Å². The zero-order valence-corrected chi connectivity index (χ0v) is 18.9.